The number of β-amino-alcohol motifs (C(OH)–C–C–N with tert-alkyl or cyclic N) is 1. The Morgan fingerprint density at radius 3 is 1.81 bits per heavy atom. The number of ether oxygens (including phenoxy) is 5. The quantitative estimate of drug-likeness (QED) is 0.0665. The highest BCUT2D eigenvalue weighted by molar-refractivity contribution is 7.80. The lowest BCUT2D eigenvalue weighted by atomic mass is 9.96. The maximum absolute atomic E-state index is 13.8. The predicted octanol–water partition coefficient (Wildman–Crippen LogP) is 2.29. The van der Waals surface area contributed by atoms with E-state index >= 15 is 0 Å². The van der Waals surface area contributed by atoms with E-state index in [-0.39, 0.29) is 21.8 Å². The SMILES string of the molecule is CCOc1ccc(N2C[C@@](O)([C@@H](O)[C@H](O)[C@H](O)CO)N([C@@H]3O[C@H](COC(=O)c4ccccc4)[C@@H](OC(=O)c4ccccc4)[C@H]3OC(=O)c3ccccc3)C2=S)cc1. The van der Waals surface area contributed by atoms with E-state index in [9.17, 15) is 39.9 Å². The molecule has 8 atom stereocenters. The molecule has 0 spiro atoms. The van der Waals surface area contributed by atoms with Gasteiger partial charge in [0.1, 0.15) is 36.8 Å². The number of benzene rings is 4. The molecule has 16 heteroatoms. The van der Waals surface area contributed by atoms with Crippen LogP contribution in [0.15, 0.2) is 115 Å². The van der Waals surface area contributed by atoms with Gasteiger partial charge >= 0.3 is 17.9 Å². The standard InChI is InChI=1S/C41H42N2O13S/c1-2-52-29-20-18-28(19-21-29)42-24-41(51,35(47)32(46)30(45)22-44)43(40(42)57)36-34(56-39(50)27-16-10-5-11-17-27)33(55-38(49)26-14-8-4-9-15-26)31(54-36)23-53-37(48)25-12-6-3-7-13-25/h3-21,30-36,44-47,51H,2,22-24H2,1H3/t30-,31-,32-,33-,34-,35+,36-,41-/m1/s1. The highest BCUT2D eigenvalue weighted by atomic mass is 32.1. The van der Waals surface area contributed by atoms with Gasteiger partial charge in [0, 0.05) is 5.69 Å². The molecule has 300 valence electrons. The van der Waals surface area contributed by atoms with Crippen molar-refractivity contribution >= 4 is 40.9 Å². The Labute approximate surface area is 333 Å². The van der Waals surface area contributed by atoms with Gasteiger partial charge in [-0.05, 0) is 79.8 Å². The van der Waals surface area contributed by atoms with E-state index in [1.807, 2.05) is 6.92 Å². The van der Waals surface area contributed by atoms with Crippen LogP contribution in [0.3, 0.4) is 0 Å². The van der Waals surface area contributed by atoms with Crippen LogP contribution in [0, 0.1) is 0 Å². The molecule has 6 rings (SSSR count). The van der Waals surface area contributed by atoms with Crippen molar-refractivity contribution in [2.45, 2.75) is 55.5 Å². The molecule has 2 aliphatic heterocycles. The number of rotatable bonds is 15. The number of carbonyl (C=O) groups is 3. The Bertz CT molecular complexity index is 1990. The third-order valence-electron chi connectivity index (χ3n) is 9.52. The average Bonchev–Trinajstić information content (AvgIpc) is 3.71. The van der Waals surface area contributed by atoms with Crippen LogP contribution in [0.25, 0.3) is 0 Å². The van der Waals surface area contributed by atoms with E-state index < -0.39 is 86.2 Å². The summed E-state index contributed by atoms with van der Waals surface area (Å²) in [5.74, 6) is -1.98. The number of anilines is 1. The summed E-state index contributed by atoms with van der Waals surface area (Å²) >= 11 is 5.93. The van der Waals surface area contributed by atoms with Crippen LogP contribution in [0.2, 0.25) is 0 Å². The molecule has 5 N–H and O–H groups in total. The Morgan fingerprint density at radius 1 is 0.789 bits per heavy atom. The van der Waals surface area contributed by atoms with Crippen LogP contribution < -0.4 is 9.64 Å². The summed E-state index contributed by atoms with van der Waals surface area (Å²) in [6.45, 7) is 0.110. The van der Waals surface area contributed by atoms with Gasteiger partial charge in [-0.1, -0.05) is 54.6 Å². The topological polar surface area (TPSA) is 205 Å². The normalized spacial score (nSPS) is 23.4. The van der Waals surface area contributed by atoms with Gasteiger partial charge in [-0.2, -0.15) is 0 Å². The van der Waals surface area contributed by atoms with Crippen molar-refractivity contribution in [2.75, 3.05) is 31.3 Å². The Balaban J connectivity index is 1.45. The van der Waals surface area contributed by atoms with Crippen LogP contribution in [-0.2, 0) is 18.9 Å². The molecule has 4 aromatic rings. The number of esters is 3. The fraction of sp³-hybridized carbons (Fsp3) is 0.317. The first-order valence-corrected chi connectivity index (χ1v) is 18.5. The second kappa shape index (κ2) is 18.2. The van der Waals surface area contributed by atoms with E-state index in [0.717, 1.165) is 4.90 Å². The molecule has 0 unspecified atom stereocenters. The summed E-state index contributed by atoms with van der Waals surface area (Å²) in [5, 5.41) is 55.0. The molecule has 57 heavy (non-hydrogen) atoms. The monoisotopic (exact) mass is 802 g/mol. The molecule has 2 fully saturated rings. The molecule has 0 radical (unpaired) electrons. The molecular weight excluding hydrogens is 761 g/mol. The lowest BCUT2D eigenvalue weighted by Crippen LogP contribution is -2.66. The van der Waals surface area contributed by atoms with Gasteiger partial charge < -0.3 is 54.1 Å². The number of aliphatic hydroxyl groups is 5. The first-order chi connectivity index (χ1) is 27.5. The number of nitrogens with zero attached hydrogens (tertiary/aromatic N) is 2. The number of thiocarbonyl (C=S) groups is 1. The van der Waals surface area contributed by atoms with Gasteiger partial charge in [-0.15, -0.1) is 0 Å². The molecule has 2 heterocycles. The molecule has 0 saturated carbocycles. The Kier molecular flexibility index (Phi) is 13.2. The molecule has 4 aromatic carbocycles. The van der Waals surface area contributed by atoms with Crippen molar-refractivity contribution < 1.29 is 63.6 Å². The first kappa shape index (κ1) is 41.2. The highest BCUT2D eigenvalue weighted by Gasteiger charge is 2.63. The molecule has 2 aliphatic rings. The first-order valence-electron chi connectivity index (χ1n) is 18.1. The largest absolute Gasteiger partial charge is 0.494 e. The highest BCUT2D eigenvalue weighted by Crippen LogP contribution is 2.41. The van der Waals surface area contributed by atoms with Crippen LogP contribution >= 0.6 is 12.2 Å². The van der Waals surface area contributed by atoms with E-state index in [4.69, 9.17) is 35.9 Å². The molecule has 0 aromatic heterocycles. The summed E-state index contributed by atoms with van der Waals surface area (Å²) in [6, 6.07) is 30.4. The molecule has 2 saturated heterocycles. The molecule has 0 amide bonds. The smallest absolute Gasteiger partial charge is 0.338 e. The van der Waals surface area contributed by atoms with Crippen molar-refractivity contribution in [1.29, 1.82) is 0 Å². The Hall–Kier alpha value is -5.46. The second-order valence-corrected chi connectivity index (χ2v) is 13.6. The van der Waals surface area contributed by atoms with Gasteiger partial charge in [0.2, 0.25) is 0 Å². The van der Waals surface area contributed by atoms with Gasteiger partial charge in [-0.25, -0.2) is 14.4 Å². The molecular formula is C41H42N2O13S. The Morgan fingerprint density at radius 2 is 1.30 bits per heavy atom. The minimum Gasteiger partial charge on any atom is -0.494 e. The van der Waals surface area contributed by atoms with Gasteiger partial charge in [0.05, 0.1) is 36.4 Å². The number of hydrogen-bond acceptors (Lipinski definition) is 14. The summed E-state index contributed by atoms with van der Waals surface area (Å²) in [6.07, 6.45) is -12.6. The summed E-state index contributed by atoms with van der Waals surface area (Å²) < 4.78 is 29.7. The third kappa shape index (κ3) is 8.92. The average molecular weight is 803 g/mol. The zero-order chi connectivity index (χ0) is 40.7. The minimum atomic E-state index is -2.66. The molecule has 0 bridgehead atoms. The fourth-order valence-corrected chi connectivity index (χ4v) is 7.02. The van der Waals surface area contributed by atoms with E-state index in [0.29, 0.717) is 18.0 Å². The zero-order valence-corrected chi connectivity index (χ0v) is 31.5. The maximum Gasteiger partial charge on any atom is 0.338 e. The van der Waals surface area contributed by atoms with Crippen LogP contribution in [0.5, 0.6) is 5.75 Å². The fourth-order valence-electron chi connectivity index (χ4n) is 6.59. The molecule has 15 nitrogen and oxygen atoms in total. The summed E-state index contributed by atoms with van der Waals surface area (Å²) in [4.78, 5) is 43.0. The van der Waals surface area contributed by atoms with Crippen molar-refractivity contribution in [3.8, 4) is 5.75 Å². The van der Waals surface area contributed by atoms with Crippen LogP contribution in [-0.4, -0.2) is 128 Å². The van der Waals surface area contributed by atoms with E-state index in [1.165, 1.54) is 41.3 Å². The van der Waals surface area contributed by atoms with Crippen molar-refractivity contribution in [3.63, 3.8) is 0 Å². The second-order valence-electron chi connectivity index (χ2n) is 13.2. The van der Waals surface area contributed by atoms with E-state index in [2.05, 4.69) is 0 Å². The van der Waals surface area contributed by atoms with Gasteiger partial charge in [0.15, 0.2) is 29.3 Å². The lowest BCUT2D eigenvalue weighted by Gasteiger charge is -2.42. The van der Waals surface area contributed by atoms with Gasteiger partial charge in [-0.3, -0.25) is 4.90 Å². The maximum atomic E-state index is 13.8. The summed E-state index contributed by atoms with van der Waals surface area (Å²) in [7, 11) is 0. The minimum absolute atomic E-state index is 0.0974. The number of aliphatic hydroxyl groups excluding tert-OH is 4. The van der Waals surface area contributed by atoms with Crippen molar-refractivity contribution in [1.82, 2.24) is 4.90 Å². The third-order valence-corrected chi connectivity index (χ3v) is 9.93. The van der Waals surface area contributed by atoms with Crippen LogP contribution in [0.1, 0.15) is 38.0 Å². The number of carbonyl (C=O) groups excluding carboxylic acids is 3. The van der Waals surface area contributed by atoms with Crippen molar-refractivity contribution in [3.05, 3.63) is 132 Å². The van der Waals surface area contributed by atoms with E-state index in [1.54, 1.807) is 78.9 Å². The predicted molar refractivity (Wildman–Crippen MR) is 206 cm³/mol. The van der Waals surface area contributed by atoms with Crippen molar-refractivity contribution in [2.24, 2.45) is 0 Å². The zero-order valence-electron chi connectivity index (χ0n) is 30.6. The van der Waals surface area contributed by atoms with Crippen LogP contribution in [0.4, 0.5) is 5.69 Å². The molecule has 0 aliphatic carbocycles. The lowest BCUT2D eigenvalue weighted by molar-refractivity contribution is -0.228. The van der Waals surface area contributed by atoms with Gasteiger partial charge in [0.25, 0.3) is 0 Å². The number of hydrogen-bond donors (Lipinski definition) is 5. The summed E-state index contributed by atoms with van der Waals surface area (Å²) in [5.41, 5.74) is -1.83.